The van der Waals surface area contributed by atoms with Crippen LogP contribution in [-0.4, -0.2) is 49.1 Å². The monoisotopic (exact) mass is 343 g/mol. The van der Waals surface area contributed by atoms with Gasteiger partial charge in [0.15, 0.2) is 0 Å². The number of ether oxygens (including phenoxy) is 1. The largest absolute Gasteiger partial charge is 0.469 e. The van der Waals surface area contributed by atoms with Crippen LogP contribution in [0.2, 0.25) is 0 Å². The van der Waals surface area contributed by atoms with E-state index >= 15 is 0 Å². The van der Waals surface area contributed by atoms with Crippen molar-refractivity contribution in [3.8, 4) is 0 Å². The number of carbonyl (C=O) groups is 2. The summed E-state index contributed by atoms with van der Waals surface area (Å²) in [6.45, 7) is -0.374. The summed E-state index contributed by atoms with van der Waals surface area (Å²) < 4.78 is 42.7. The fourth-order valence-electron chi connectivity index (χ4n) is 3.17. The third kappa shape index (κ3) is 4.35. The number of ketones is 1. The SMILES string of the molecule is COC(=O)C(c1ccccc1)C1CCCCN1CC(=O)C(F)(F)F. The molecule has 132 valence electrons. The third-order valence-electron chi connectivity index (χ3n) is 4.33. The van der Waals surface area contributed by atoms with E-state index in [2.05, 4.69) is 0 Å². The molecule has 2 atom stereocenters. The smallest absolute Gasteiger partial charge is 0.451 e. The first-order valence-electron chi connectivity index (χ1n) is 7.81. The van der Waals surface area contributed by atoms with Crippen molar-refractivity contribution in [3.63, 3.8) is 0 Å². The van der Waals surface area contributed by atoms with Gasteiger partial charge in [0.05, 0.1) is 19.6 Å². The molecule has 2 rings (SSSR count). The molecule has 0 spiro atoms. The molecule has 0 radical (unpaired) electrons. The van der Waals surface area contributed by atoms with Gasteiger partial charge in [-0.3, -0.25) is 14.5 Å². The highest BCUT2D eigenvalue weighted by molar-refractivity contribution is 5.86. The lowest BCUT2D eigenvalue weighted by atomic mass is 9.85. The number of hydrogen-bond acceptors (Lipinski definition) is 4. The number of halogens is 3. The third-order valence-corrected chi connectivity index (χ3v) is 4.33. The molecule has 7 heteroatoms. The standard InChI is InChI=1S/C17H20F3NO3/c1-24-16(23)15(12-7-3-2-4-8-12)13-9-5-6-10-21(13)11-14(22)17(18,19)20/h2-4,7-8,13,15H,5-6,9-11H2,1H3. The topological polar surface area (TPSA) is 46.6 Å². The number of rotatable bonds is 5. The van der Waals surface area contributed by atoms with Gasteiger partial charge in [-0.2, -0.15) is 13.2 Å². The highest BCUT2D eigenvalue weighted by Crippen LogP contribution is 2.32. The molecule has 0 saturated carbocycles. The first kappa shape index (κ1) is 18.4. The summed E-state index contributed by atoms with van der Waals surface area (Å²) >= 11 is 0. The van der Waals surface area contributed by atoms with Crippen LogP contribution in [-0.2, 0) is 14.3 Å². The number of Topliss-reactive ketones (excluding diaryl/α,β-unsaturated/α-hetero) is 1. The maximum atomic E-state index is 12.6. The molecule has 1 saturated heterocycles. The van der Waals surface area contributed by atoms with Crippen LogP contribution in [0.1, 0.15) is 30.7 Å². The average molecular weight is 343 g/mol. The van der Waals surface area contributed by atoms with Crippen molar-refractivity contribution in [2.45, 2.75) is 37.4 Å². The van der Waals surface area contributed by atoms with E-state index in [1.165, 1.54) is 12.0 Å². The number of piperidine rings is 1. The molecule has 0 amide bonds. The Bertz CT molecular complexity index is 574. The molecule has 1 aromatic rings. The van der Waals surface area contributed by atoms with E-state index in [-0.39, 0.29) is 0 Å². The van der Waals surface area contributed by atoms with E-state index in [1.54, 1.807) is 30.3 Å². The van der Waals surface area contributed by atoms with Gasteiger partial charge in [0.25, 0.3) is 0 Å². The minimum Gasteiger partial charge on any atom is -0.469 e. The average Bonchev–Trinajstić information content (AvgIpc) is 2.56. The summed E-state index contributed by atoms with van der Waals surface area (Å²) in [7, 11) is 1.26. The van der Waals surface area contributed by atoms with Gasteiger partial charge in [-0.25, -0.2) is 0 Å². The molecule has 1 fully saturated rings. The number of nitrogens with zero attached hydrogens (tertiary/aromatic N) is 1. The quantitative estimate of drug-likeness (QED) is 0.771. The van der Waals surface area contributed by atoms with E-state index in [0.29, 0.717) is 24.9 Å². The Morgan fingerprint density at radius 1 is 1.25 bits per heavy atom. The van der Waals surface area contributed by atoms with Crippen LogP contribution in [0.4, 0.5) is 13.2 Å². The molecule has 1 heterocycles. The zero-order chi connectivity index (χ0) is 17.7. The second-order valence-corrected chi connectivity index (χ2v) is 5.87. The van der Waals surface area contributed by atoms with Crippen LogP contribution in [0.3, 0.4) is 0 Å². The molecule has 0 aliphatic carbocycles. The van der Waals surface area contributed by atoms with Gasteiger partial charge in [0, 0.05) is 6.04 Å². The Labute approximate surface area is 138 Å². The van der Waals surface area contributed by atoms with E-state index in [0.717, 1.165) is 6.42 Å². The van der Waals surface area contributed by atoms with Gasteiger partial charge in [-0.1, -0.05) is 36.8 Å². The van der Waals surface area contributed by atoms with Crippen LogP contribution in [0.25, 0.3) is 0 Å². The van der Waals surface area contributed by atoms with Gasteiger partial charge in [0.1, 0.15) is 0 Å². The zero-order valence-corrected chi connectivity index (χ0v) is 13.4. The number of hydrogen-bond donors (Lipinski definition) is 0. The minimum absolute atomic E-state index is 0.354. The number of alkyl halides is 3. The normalized spacial score (nSPS) is 20.4. The van der Waals surface area contributed by atoms with E-state index in [4.69, 9.17) is 4.74 Å². The van der Waals surface area contributed by atoms with Crippen LogP contribution in [0.5, 0.6) is 0 Å². The van der Waals surface area contributed by atoms with Crippen LogP contribution < -0.4 is 0 Å². The lowest BCUT2D eigenvalue weighted by Crippen LogP contribution is -2.49. The van der Waals surface area contributed by atoms with Crippen LogP contribution in [0, 0.1) is 0 Å². The molecule has 1 aliphatic rings. The lowest BCUT2D eigenvalue weighted by Gasteiger charge is -2.39. The Balaban J connectivity index is 2.28. The molecule has 0 bridgehead atoms. The van der Waals surface area contributed by atoms with Crippen LogP contribution >= 0.6 is 0 Å². The summed E-state index contributed by atoms with van der Waals surface area (Å²) in [6, 6.07) is 8.34. The van der Waals surface area contributed by atoms with Gasteiger partial charge in [0.2, 0.25) is 5.78 Å². The second-order valence-electron chi connectivity index (χ2n) is 5.87. The van der Waals surface area contributed by atoms with Crippen molar-refractivity contribution in [2.75, 3.05) is 20.2 Å². The molecule has 1 aromatic carbocycles. The highest BCUT2D eigenvalue weighted by Gasteiger charge is 2.43. The van der Waals surface area contributed by atoms with Gasteiger partial charge in [-0.05, 0) is 24.9 Å². The molecule has 1 aliphatic heterocycles. The number of carbonyl (C=O) groups excluding carboxylic acids is 2. The summed E-state index contributed by atoms with van der Waals surface area (Å²) in [5.41, 5.74) is 0.681. The predicted molar refractivity (Wildman–Crippen MR) is 81.5 cm³/mol. The molecule has 24 heavy (non-hydrogen) atoms. The highest BCUT2D eigenvalue weighted by atomic mass is 19.4. The van der Waals surface area contributed by atoms with Crippen LogP contribution in [0.15, 0.2) is 30.3 Å². The number of esters is 1. The van der Waals surface area contributed by atoms with Crippen molar-refractivity contribution in [1.82, 2.24) is 4.90 Å². The minimum atomic E-state index is -4.87. The van der Waals surface area contributed by atoms with Gasteiger partial charge < -0.3 is 4.74 Å². The number of methoxy groups -OCH3 is 1. The fraction of sp³-hybridized carbons (Fsp3) is 0.529. The Hall–Kier alpha value is -1.89. The number of likely N-dealkylation sites (tertiary alicyclic amines) is 1. The Kier molecular flexibility index (Phi) is 5.99. The molecular formula is C17H20F3NO3. The van der Waals surface area contributed by atoms with Crippen molar-refractivity contribution >= 4 is 11.8 Å². The number of benzene rings is 1. The predicted octanol–water partition coefficient (Wildman–Crippen LogP) is 2.93. The van der Waals surface area contributed by atoms with Gasteiger partial charge >= 0.3 is 12.1 Å². The van der Waals surface area contributed by atoms with Crippen molar-refractivity contribution in [3.05, 3.63) is 35.9 Å². The molecular weight excluding hydrogens is 323 g/mol. The first-order chi connectivity index (χ1) is 11.3. The van der Waals surface area contributed by atoms with Crippen molar-refractivity contribution in [2.24, 2.45) is 0 Å². The van der Waals surface area contributed by atoms with E-state index in [9.17, 15) is 22.8 Å². The van der Waals surface area contributed by atoms with Gasteiger partial charge in [-0.15, -0.1) is 0 Å². The zero-order valence-electron chi connectivity index (χ0n) is 13.4. The summed E-state index contributed by atoms with van der Waals surface area (Å²) in [6.07, 6.45) is -2.83. The summed E-state index contributed by atoms with van der Waals surface area (Å²) in [5, 5.41) is 0. The molecule has 0 N–H and O–H groups in total. The first-order valence-corrected chi connectivity index (χ1v) is 7.81. The molecule has 4 nitrogen and oxygen atoms in total. The van der Waals surface area contributed by atoms with E-state index < -0.39 is 36.4 Å². The second kappa shape index (κ2) is 7.79. The van der Waals surface area contributed by atoms with E-state index in [1.807, 2.05) is 0 Å². The maximum absolute atomic E-state index is 12.6. The summed E-state index contributed by atoms with van der Waals surface area (Å²) in [5.74, 6) is -3.00. The summed E-state index contributed by atoms with van der Waals surface area (Å²) in [4.78, 5) is 25.1. The maximum Gasteiger partial charge on any atom is 0.451 e. The molecule has 0 aromatic heterocycles. The van der Waals surface area contributed by atoms with Crippen molar-refractivity contribution in [1.29, 1.82) is 0 Å². The van der Waals surface area contributed by atoms with Crippen molar-refractivity contribution < 1.29 is 27.5 Å². The fourth-order valence-corrected chi connectivity index (χ4v) is 3.17. The molecule has 2 unspecified atom stereocenters. The lowest BCUT2D eigenvalue weighted by molar-refractivity contribution is -0.173. The Morgan fingerprint density at radius 3 is 2.50 bits per heavy atom. The Morgan fingerprint density at radius 2 is 1.92 bits per heavy atom.